The zero-order valence-corrected chi connectivity index (χ0v) is 9.99. The molecule has 0 fully saturated rings. The third-order valence-corrected chi connectivity index (χ3v) is 3.23. The maximum absolute atomic E-state index is 11.8. The lowest BCUT2D eigenvalue weighted by Crippen LogP contribution is -2.41. The van der Waals surface area contributed by atoms with Crippen LogP contribution in [-0.4, -0.2) is 41.3 Å². The highest BCUT2D eigenvalue weighted by atomic mass is 32.2. The fourth-order valence-electron chi connectivity index (χ4n) is 1.11. The van der Waals surface area contributed by atoms with Crippen molar-refractivity contribution in [2.24, 2.45) is 0 Å². The van der Waals surface area contributed by atoms with Gasteiger partial charge in [-0.25, -0.2) is 0 Å². The molecule has 96 valence electrons. The van der Waals surface area contributed by atoms with Gasteiger partial charge in [-0.3, -0.25) is 4.79 Å². The van der Waals surface area contributed by atoms with Crippen LogP contribution < -0.4 is 5.32 Å². The van der Waals surface area contributed by atoms with Crippen LogP contribution >= 0.6 is 11.8 Å². The molecule has 0 radical (unpaired) electrons. The van der Waals surface area contributed by atoms with Crippen molar-refractivity contribution in [2.45, 2.75) is 37.2 Å². The van der Waals surface area contributed by atoms with E-state index >= 15 is 0 Å². The summed E-state index contributed by atoms with van der Waals surface area (Å²) in [5.74, 6) is -0.641. The van der Waals surface area contributed by atoms with Crippen molar-refractivity contribution >= 4 is 17.7 Å². The number of nitrogens with one attached hydrogen (secondary N) is 1. The number of rotatable bonds is 6. The summed E-state index contributed by atoms with van der Waals surface area (Å²) in [6.07, 6.45) is -4.23. The smallest absolute Gasteiger partial charge is 0.389 e. The van der Waals surface area contributed by atoms with Gasteiger partial charge >= 0.3 is 6.18 Å². The molecule has 2 atom stereocenters. The first-order chi connectivity index (χ1) is 7.30. The predicted molar refractivity (Wildman–Crippen MR) is 57.3 cm³/mol. The van der Waals surface area contributed by atoms with Crippen LogP contribution in [0.25, 0.3) is 0 Å². The second kappa shape index (κ2) is 7.01. The fourth-order valence-corrected chi connectivity index (χ4v) is 1.74. The van der Waals surface area contributed by atoms with Crippen LogP contribution in [0.15, 0.2) is 0 Å². The van der Waals surface area contributed by atoms with Crippen molar-refractivity contribution in [3.63, 3.8) is 0 Å². The lowest BCUT2D eigenvalue weighted by atomic mass is 10.2. The lowest BCUT2D eigenvalue weighted by Gasteiger charge is -2.21. The van der Waals surface area contributed by atoms with Gasteiger partial charge in [0, 0.05) is 17.7 Å². The molecule has 7 heteroatoms. The van der Waals surface area contributed by atoms with E-state index in [2.05, 4.69) is 5.32 Å². The van der Waals surface area contributed by atoms with Crippen molar-refractivity contribution in [1.82, 2.24) is 5.32 Å². The lowest BCUT2D eigenvalue weighted by molar-refractivity contribution is -0.144. The second-order valence-corrected chi connectivity index (χ2v) is 4.50. The van der Waals surface area contributed by atoms with E-state index in [9.17, 15) is 18.0 Å². The molecule has 2 N–H and O–H groups in total. The first-order valence-electron chi connectivity index (χ1n) is 4.80. The molecular formula is C9H16F3NO2S. The summed E-state index contributed by atoms with van der Waals surface area (Å²) in [6, 6.07) is -0.347. The molecule has 1 amide bonds. The van der Waals surface area contributed by atoms with E-state index in [4.69, 9.17) is 5.11 Å². The number of thioether (sulfide) groups is 1. The molecule has 0 aliphatic rings. The maximum atomic E-state index is 11.8. The Kier molecular flexibility index (Phi) is 6.82. The van der Waals surface area contributed by atoms with Crippen molar-refractivity contribution < 1.29 is 23.1 Å². The third-order valence-electron chi connectivity index (χ3n) is 2.06. The Morgan fingerprint density at radius 3 is 2.44 bits per heavy atom. The predicted octanol–water partition coefficient (Wildman–Crippen LogP) is 1.56. The first kappa shape index (κ1) is 15.6. The maximum Gasteiger partial charge on any atom is 0.389 e. The molecule has 0 heterocycles. The van der Waals surface area contributed by atoms with Crippen molar-refractivity contribution in [2.75, 3.05) is 12.9 Å². The minimum Gasteiger partial charge on any atom is -0.395 e. The van der Waals surface area contributed by atoms with Crippen molar-refractivity contribution in [3.8, 4) is 0 Å². The Morgan fingerprint density at radius 2 is 2.06 bits per heavy atom. The van der Waals surface area contributed by atoms with E-state index in [0.29, 0.717) is 0 Å². The Labute approximate surface area is 96.8 Å². The summed E-state index contributed by atoms with van der Waals surface area (Å²) >= 11 is 1.36. The van der Waals surface area contributed by atoms with Crippen LogP contribution in [0.5, 0.6) is 0 Å². The zero-order valence-electron chi connectivity index (χ0n) is 9.17. The average Bonchev–Trinajstić information content (AvgIpc) is 2.15. The summed E-state index contributed by atoms with van der Waals surface area (Å²) in [5, 5.41) is 11.2. The van der Waals surface area contributed by atoms with Crippen molar-refractivity contribution in [3.05, 3.63) is 0 Å². The van der Waals surface area contributed by atoms with E-state index in [0.717, 1.165) is 0 Å². The van der Waals surface area contributed by atoms with Gasteiger partial charge in [0.25, 0.3) is 0 Å². The molecule has 0 aromatic rings. The van der Waals surface area contributed by atoms with E-state index in [1.165, 1.54) is 11.8 Å². The first-order valence-corrected chi connectivity index (χ1v) is 6.08. The molecule has 0 spiro atoms. The highest BCUT2D eigenvalue weighted by Crippen LogP contribution is 2.21. The van der Waals surface area contributed by atoms with Gasteiger partial charge in [0.05, 0.1) is 13.0 Å². The number of carbonyl (C=O) groups is 1. The highest BCUT2D eigenvalue weighted by Gasteiger charge is 2.28. The molecule has 0 aromatic carbocycles. The number of alkyl halides is 3. The molecule has 0 saturated carbocycles. The molecule has 3 nitrogen and oxygen atoms in total. The number of amides is 1. The van der Waals surface area contributed by atoms with Crippen LogP contribution in [-0.2, 0) is 4.79 Å². The van der Waals surface area contributed by atoms with E-state index in [-0.39, 0.29) is 17.9 Å². The van der Waals surface area contributed by atoms with Crippen molar-refractivity contribution in [1.29, 1.82) is 0 Å². The summed E-state index contributed by atoms with van der Waals surface area (Å²) in [7, 11) is 0. The van der Waals surface area contributed by atoms with Gasteiger partial charge in [-0.1, -0.05) is 0 Å². The average molecular weight is 259 g/mol. The number of carbonyl (C=O) groups excluding carboxylic acids is 1. The molecule has 0 aromatic heterocycles. The Hall–Kier alpha value is -0.430. The van der Waals surface area contributed by atoms with Gasteiger partial charge in [0.15, 0.2) is 0 Å². The monoisotopic (exact) mass is 259 g/mol. The van der Waals surface area contributed by atoms with E-state index < -0.39 is 24.9 Å². The number of aliphatic hydroxyl groups is 1. The standard InChI is InChI=1S/C9H16F3NO2S/c1-6(7(5-14)16-2)13-8(15)3-4-9(10,11)12/h6-7,14H,3-5H2,1-2H3,(H,13,15)/t6-,7+/m0/s1. The van der Waals surface area contributed by atoms with Crippen LogP contribution in [0.3, 0.4) is 0 Å². The van der Waals surface area contributed by atoms with Gasteiger partial charge in [0.2, 0.25) is 5.91 Å². The minimum atomic E-state index is -4.31. The topological polar surface area (TPSA) is 49.3 Å². The summed E-state index contributed by atoms with van der Waals surface area (Å²) in [5.41, 5.74) is 0. The Bertz CT molecular complexity index is 219. The molecule has 0 saturated heterocycles. The van der Waals surface area contributed by atoms with Crippen LogP contribution in [0.4, 0.5) is 13.2 Å². The summed E-state index contributed by atoms with van der Waals surface area (Å²) in [4.78, 5) is 11.1. The Morgan fingerprint density at radius 1 is 1.50 bits per heavy atom. The second-order valence-electron chi connectivity index (χ2n) is 3.43. The largest absolute Gasteiger partial charge is 0.395 e. The fraction of sp³-hybridized carbons (Fsp3) is 0.889. The summed E-state index contributed by atoms with van der Waals surface area (Å²) in [6.45, 7) is 1.53. The van der Waals surface area contributed by atoms with E-state index in [1.54, 1.807) is 13.2 Å². The zero-order chi connectivity index (χ0) is 12.8. The van der Waals surface area contributed by atoms with Gasteiger partial charge < -0.3 is 10.4 Å². The number of aliphatic hydroxyl groups excluding tert-OH is 1. The van der Waals surface area contributed by atoms with Gasteiger partial charge in [0.1, 0.15) is 0 Å². The van der Waals surface area contributed by atoms with Gasteiger partial charge in [-0.05, 0) is 13.2 Å². The summed E-state index contributed by atoms with van der Waals surface area (Å²) < 4.78 is 35.5. The van der Waals surface area contributed by atoms with Gasteiger partial charge in [-0.2, -0.15) is 24.9 Å². The molecule has 16 heavy (non-hydrogen) atoms. The molecule has 0 aliphatic heterocycles. The SMILES string of the molecule is CS[C@H](CO)[C@H](C)NC(=O)CCC(F)(F)F. The number of hydrogen-bond donors (Lipinski definition) is 2. The van der Waals surface area contributed by atoms with Gasteiger partial charge in [-0.15, -0.1) is 0 Å². The molecule has 0 unspecified atom stereocenters. The quantitative estimate of drug-likeness (QED) is 0.761. The molecule has 0 bridgehead atoms. The molecular weight excluding hydrogens is 243 g/mol. The Balaban J connectivity index is 3.95. The van der Waals surface area contributed by atoms with Crippen LogP contribution in [0.2, 0.25) is 0 Å². The highest BCUT2D eigenvalue weighted by molar-refractivity contribution is 7.99. The molecule has 0 aliphatic carbocycles. The molecule has 0 rings (SSSR count). The van der Waals surface area contributed by atoms with Crippen LogP contribution in [0, 0.1) is 0 Å². The number of hydrogen-bond acceptors (Lipinski definition) is 3. The van der Waals surface area contributed by atoms with E-state index in [1.807, 2.05) is 0 Å². The number of halogens is 3. The normalized spacial score (nSPS) is 15.6. The third kappa shape index (κ3) is 6.95. The van der Waals surface area contributed by atoms with Crippen LogP contribution in [0.1, 0.15) is 19.8 Å². The minimum absolute atomic E-state index is 0.123.